The molecule has 0 aliphatic heterocycles. The number of aromatic nitrogens is 3. The van der Waals surface area contributed by atoms with Gasteiger partial charge in [-0.2, -0.15) is 9.90 Å². The van der Waals surface area contributed by atoms with Gasteiger partial charge >= 0.3 is 0 Å². The van der Waals surface area contributed by atoms with Gasteiger partial charge in [0.15, 0.2) is 0 Å². The monoisotopic (exact) mass is 289 g/mol. The van der Waals surface area contributed by atoms with Crippen molar-refractivity contribution in [1.82, 2.24) is 15.0 Å². The average Bonchev–Trinajstić information content (AvgIpc) is 2.90. The van der Waals surface area contributed by atoms with Gasteiger partial charge in [-0.05, 0) is 36.4 Å². The third-order valence-corrected chi connectivity index (χ3v) is 3.19. The van der Waals surface area contributed by atoms with Crippen LogP contribution >= 0.6 is 23.2 Å². The highest BCUT2D eigenvalue weighted by Crippen LogP contribution is 2.20. The van der Waals surface area contributed by atoms with Crippen LogP contribution in [0, 0.1) is 0 Å². The van der Waals surface area contributed by atoms with E-state index < -0.39 is 0 Å². The van der Waals surface area contributed by atoms with E-state index in [-0.39, 0.29) is 0 Å². The first-order valence-corrected chi connectivity index (χ1v) is 6.42. The van der Waals surface area contributed by atoms with Crippen LogP contribution in [0.4, 0.5) is 0 Å². The van der Waals surface area contributed by atoms with E-state index in [1.165, 1.54) is 0 Å². The lowest BCUT2D eigenvalue weighted by molar-refractivity contribution is 0.754. The predicted octanol–water partition coefficient (Wildman–Crippen LogP) is 4.24. The maximum Gasteiger partial charge on any atom is 0.113 e. The number of halogens is 2. The molecule has 94 valence electrons. The molecule has 3 rings (SSSR count). The summed E-state index contributed by atoms with van der Waals surface area (Å²) >= 11 is 11.7. The standard InChI is InChI=1S/C14H9Cl2N3/c15-11-3-1-10(2-4-11)14-9-17-19(18-14)13-7-5-12(16)6-8-13/h1-9H. The molecule has 19 heavy (non-hydrogen) atoms. The summed E-state index contributed by atoms with van der Waals surface area (Å²) < 4.78 is 0. The molecule has 1 aromatic heterocycles. The van der Waals surface area contributed by atoms with Crippen LogP contribution in [0.5, 0.6) is 0 Å². The first-order chi connectivity index (χ1) is 9.22. The molecule has 1 heterocycles. The van der Waals surface area contributed by atoms with Crippen LogP contribution in [0.3, 0.4) is 0 Å². The Bertz CT molecular complexity index is 627. The normalized spacial score (nSPS) is 10.6. The maximum atomic E-state index is 5.86. The molecule has 0 radical (unpaired) electrons. The Morgan fingerprint density at radius 3 is 2.00 bits per heavy atom. The minimum atomic E-state index is 0.689. The van der Waals surface area contributed by atoms with Crippen LogP contribution in [0.2, 0.25) is 10.0 Å². The third-order valence-electron chi connectivity index (χ3n) is 2.69. The fourth-order valence-corrected chi connectivity index (χ4v) is 1.97. The molecule has 2 aromatic carbocycles. The van der Waals surface area contributed by atoms with E-state index in [0.29, 0.717) is 10.0 Å². The van der Waals surface area contributed by atoms with Gasteiger partial charge in [-0.25, -0.2) is 0 Å². The summed E-state index contributed by atoms with van der Waals surface area (Å²) in [5.41, 5.74) is 2.64. The Labute approximate surface area is 120 Å². The lowest BCUT2D eigenvalue weighted by atomic mass is 10.2. The number of hydrogen-bond donors (Lipinski definition) is 0. The van der Waals surface area contributed by atoms with Crippen LogP contribution < -0.4 is 0 Å². The maximum absolute atomic E-state index is 5.86. The zero-order valence-electron chi connectivity index (χ0n) is 9.79. The predicted molar refractivity (Wildman–Crippen MR) is 76.8 cm³/mol. The molecule has 0 aliphatic carbocycles. The summed E-state index contributed by atoms with van der Waals surface area (Å²) in [6.07, 6.45) is 1.72. The molecule has 0 saturated heterocycles. The Kier molecular flexibility index (Phi) is 3.23. The van der Waals surface area contributed by atoms with Gasteiger partial charge in [-0.1, -0.05) is 35.3 Å². The molecule has 0 fully saturated rings. The Hall–Kier alpha value is -1.84. The van der Waals surface area contributed by atoms with E-state index in [2.05, 4.69) is 10.2 Å². The zero-order valence-corrected chi connectivity index (χ0v) is 11.3. The highest BCUT2D eigenvalue weighted by Gasteiger charge is 2.05. The lowest BCUT2D eigenvalue weighted by Gasteiger charge is -1.99. The summed E-state index contributed by atoms with van der Waals surface area (Å²) in [7, 11) is 0. The van der Waals surface area contributed by atoms with Crippen LogP contribution in [0.1, 0.15) is 0 Å². The van der Waals surface area contributed by atoms with E-state index >= 15 is 0 Å². The molecule has 0 amide bonds. The van der Waals surface area contributed by atoms with E-state index in [1.54, 1.807) is 11.0 Å². The van der Waals surface area contributed by atoms with Crippen molar-refractivity contribution in [1.29, 1.82) is 0 Å². The van der Waals surface area contributed by atoms with Gasteiger partial charge in [0, 0.05) is 15.6 Å². The third kappa shape index (κ3) is 2.62. The first-order valence-electron chi connectivity index (χ1n) is 5.66. The zero-order chi connectivity index (χ0) is 13.2. The summed E-state index contributed by atoms with van der Waals surface area (Å²) in [6, 6.07) is 14.8. The highest BCUT2D eigenvalue weighted by atomic mass is 35.5. The van der Waals surface area contributed by atoms with Gasteiger partial charge in [-0.3, -0.25) is 0 Å². The molecule has 0 N–H and O–H groups in total. The largest absolute Gasteiger partial charge is 0.156 e. The second-order valence-corrected chi connectivity index (χ2v) is 4.88. The fraction of sp³-hybridized carbons (Fsp3) is 0. The summed E-state index contributed by atoms with van der Waals surface area (Å²) in [6.45, 7) is 0. The van der Waals surface area contributed by atoms with E-state index in [4.69, 9.17) is 23.2 Å². The van der Waals surface area contributed by atoms with Crippen molar-refractivity contribution in [3.05, 3.63) is 64.8 Å². The Balaban J connectivity index is 1.95. The Morgan fingerprint density at radius 1 is 0.789 bits per heavy atom. The molecule has 5 heteroatoms. The lowest BCUT2D eigenvalue weighted by Crippen LogP contribution is -1.97. The molecule has 3 nitrogen and oxygen atoms in total. The molecule has 0 bridgehead atoms. The molecule has 0 atom stereocenters. The Morgan fingerprint density at radius 2 is 1.37 bits per heavy atom. The van der Waals surface area contributed by atoms with Crippen LogP contribution in [-0.4, -0.2) is 15.0 Å². The highest BCUT2D eigenvalue weighted by molar-refractivity contribution is 6.30. The van der Waals surface area contributed by atoms with Crippen molar-refractivity contribution in [3.8, 4) is 16.9 Å². The van der Waals surface area contributed by atoms with Crippen molar-refractivity contribution < 1.29 is 0 Å². The van der Waals surface area contributed by atoms with Crippen molar-refractivity contribution in [2.24, 2.45) is 0 Å². The summed E-state index contributed by atoms with van der Waals surface area (Å²) in [5.74, 6) is 0. The molecule has 0 aliphatic rings. The van der Waals surface area contributed by atoms with E-state index in [0.717, 1.165) is 16.9 Å². The summed E-state index contributed by atoms with van der Waals surface area (Å²) in [5, 5.41) is 10.1. The minimum Gasteiger partial charge on any atom is -0.156 e. The molecule has 0 unspecified atom stereocenters. The van der Waals surface area contributed by atoms with Crippen molar-refractivity contribution in [2.45, 2.75) is 0 Å². The van der Waals surface area contributed by atoms with Crippen LogP contribution in [-0.2, 0) is 0 Å². The molecular weight excluding hydrogens is 281 g/mol. The van der Waals surface area contributed by atoms with Gasteiger partial charge in [0.1, 0.15) is 5.69 Å². The average molecular weight is 290 g/mol. The number of rotatable bonds is 2. The molecule has 0 saturated carbocycles. The second-order valence-electron chi connectivity index (χ2n) is 4.00. The van der Waals surface area contributed by atoms with Gasteiger partial charge in [0.2, 0.25) is 0 Å². The van der Waals surface area contributed by atoms with Crippen molar-refractivity contribution in [3.63, 3.8) is 0 Å². The van der Waals surface area contributed by atoms with Crippen molar-refractivity contribution in [2.75, 3.05) is 0 Å². The van der Waals surface area contributed by atoms with Gasteiger partial charge in [0.05, 0.1) is 11.9 Å². The number of hydrogen-bond acceptors (Lipinski definition) is 2. The van der Waals surface area contributed by atoms with E-state index in [1.807, 2.05) is 48.5 Å². The number of nitrogens with zero attached hydrogens (tertiary/aromatic N) is 3. The molecule has 3 aromatic rings. The molecular formula is C14H9Cl2N3. The molecule has 0 spiro atoms. The van der Waals surface area contributed by atoms with Gasteiger partial charge < -0.3 is 0 Å². The van der Waals surface area contributed by atoms with Crippen LogP contribution in [0.15, 0.2) is 54.7 Å². The SMILES string of the molecule is Clc1ccc(-c2cnn(-c3ccc(Cl)cc3)n2)cc1. The van der Waals surface area contributed by atoms with Gasteiger partial charge in [-0.15, -0.1) is 5.10 Å². The number of benzene rings is 2. The van der Waals surface area contributed by atoms with Crippen LogP contribution in [0.25, 0.3) is 16.9 Å². The minimum absolute atomic E-state index is 0.689. The quantitative estimate of drug-likeness (QED) is 0.706. The van der Waals surface area contributed by atoms with E-state index in [9.17, 15) is 0 Å². The van der Waals surface area contributed by atoms with Gasteiger partial charge in [0.25, 0.3) is 0 Å². The topological polar surface area (TPSA) is 30.7 Å². The smallest absolute Gasteiger partial charge is 0.113 e. The first kappa shape index (κ1) is 12.2. The fourth-order valence-electron chi connectivity index (χ4n) is 1.71. The summed E-state index contributed by atoms with van der Waals surface area (Å²) in [4.78, 5) is 1.57. The second kappa shape index (κ2) is 5.03. The van der Waals surface area contributed by atoms with Crippen molar-refractivity contribution >= 4 is 23.2 Å².